The molecule has 0 radical (unpaired) electrons. The lowest BCUT2D eigenvalue weighted by atomic mass is 9.75. The predicted octanol–water partition coefficient (Wildman–Crippen LogP) is 2.31. The first kappa shape index (κ1) is 8.54. The Labute approximate surface area is 79.4 Å². The lowest BCUT2D eigenvalue weighted by Gasteiger charge is -2.29. The summed E-state index contributed by atoms with van der Waals surface area (Å²) in [5.74, 6) is 1.79. The van der Waals surface area contributed by atoms with Crippen LogP contribution in [0.2, 0.25) is 0 Å². The van der Waals surface area contributed by atoms with Crippen LogP contribution in [0, 0.1) is 17.8 Å². The van der Waals surface area contributed by atoms with Crippen LogP contribution in [0.3, 0.4) is 0 Å². The van der Waals surface area contributed by atoms with Gasteiger partial charge >= 0.3 is 0 Å². The fourth-order valence-corrected chi connectivity index (χ4v) is 2.34. The Morgan fingerprint density at radius 3 is 2.85 bits per heavy atom. The summed E-state index contributed by atoms with van der Waals surface area (Å²) in [5, 5.41) is 4.12. The van der Waals surface area contributed by atoms with Crippen LogP contribution < -0.4 is 5.43 Å². The fourth-order valence-electron chi connectivity index (χ4n) is 2.34. The molecule has 0 fully saturated rings. The van der Waals surface area contributed by atoms with Crippen molar-refractivity contribution in [3.8, 4) is 0 Å². The second kappa shape index (κ2) is 3.02. The quantitative estimate of drug-likeness (QED) is 0.651. The molecule has 2 nitrogen and oxygen atoms in total. The molecule has 13 heavy (non-hydrogen) atoms. The van der Waals surface area contributed by atoms with Crippen LogP contribution in [0.4, 0.5) is 0 Å². The molecule has 2 unspecified atom stereocenters. The molecule has 0 aromatic heterocycles. The summed E-state index contributed by atoms with van der Waals surface area (Å²) in [7, 11) is 0. The number of hydrazone groups is 1. The van der Waals surface area contributed by atoms with Gasteiger partial charge in [0.1, 0.15) is 0 Å². The molecule has 0 saturated carbocycles. The maximum absolute atomic E-state index is 4.12. The van der Waals surface area contributed by atoms with Gasteiger partial charge in [-0.2, -0.15) is 5.10 Å². The highest BCUT2D eigenvalue weighted by Gasteiger charge is 2.32. The van der Waals surface area contributed by atoms with Gasteiger partial charge in [-0.15, -0.1) is 0 Å². The molecular formula is C11H16N2. The lowest BCUT2D eigenvalue weighted by molar-refractivity contribution is 0.391. The van der Waals surface area contributed by atoms with Gasteiger partial charge in [-0.1, -0.05) is 25.5 Å². The third-order valence-corrected chi connectivity index (χ3v) is 2.94. The van der Waals surface area contributed by atoms with Gasteiger partial charge in [0.25, 0.3) is 0 Å². The largest absolute Gasteiger partial charge is 0.282 e. The van der Waals surface area contributed by atoms with Crippen LogP contribution in [0.1, 0.15) is 20.8 Å². The van der Waals surface area contributed by atoms with E-state index < -0.39 is 0 Å². The summed E-state index contributed by atoms with van der Waals surface area (Å²) in [4.78, 5) is 0. The average molecular weight is 176 g/mol. The zero-order valence-electron chi connectivity index (χ0n) is 8.41. The zero-order valence-corrected chi connectivity index (χ0v) is 8.41. The van der Waals surface area contributed by atoms with Gasteiger partial charge in [0.15, 0.2) is 0 Å². The molecule has 0 amide bonds. The molecule has 2 rings (SSSR count). The molecule has 1 aliphatic carbocycles. The molecule has 1 N–H and O–H groups in total. The number of nitrogens with zero attached hydrogens (tertiary/aromatic N) is 1. The molecule has 0 bridgehead atoms. The van der Waals surface area contributed by atoms with Crippen molar-refractivity contribution < 1.29 is 0 Å². The summed E-state index contributed by atoms with van der Waals surface area (Å²) < 4.78 is 0. The van der Waals surface area contributed by atoms with Gasteiger partial charge in [0, 0.05) is 17.8 Å². The molecule has 0 aromatic rings. The number of nitrogens with one attached hydrogen (secondary N) is 1. The Kier molecular flexibility index (Phi) is 1.98. The minimum atomic E-state index is 0.491. The third-order valence-electron chi connectivity index (χ3n) is 2.94. The molecule has 0 aromatic carbocycles. The smallest absolute Gasteiger partial charge is 0.0445 e. The minimum absolute atomic E-state index is 0.491. The third kappa shape index (κ3) is 1.30. The molecule has 1 heterocycles. The second-order valence-electron chi connectivity index (χ2n) is 4.22. The van der Waals surface area contributed by atoms with E-state index in [2.05, 4.69) is 43.5 Å². The van der Waals surface area contributed by atoms with E-state index in [1.807, 2.05) is 6.21 Å². The summed E-state index contributed by atoms with van der Waals surface area (Å²) >= 11 is 0. The highest BCUT2D eigenvalue weighted by molar-refractivity contribution is 5.70. The maximum atomic E-state index is 4.12. The van der Waals surface area contributed by atoms with E-state index in [9.17, 15) is 0 Å². The van der Waals surface area contributed by atoms with E-state index >= 15 is 0 Å². The van der Waals surface area contributed by atoms with Crippen LogP contribution in [-0.2, 0) is 0 Å². The molecule has 2 heteroatoms. The van der Waals surface area contributed by atoms with Crippen LogP contribution in [0.5, 0.6) is 0 Å². The van der Waals surface area contributed by atoms with E-state index in [4.69, 9.17) is 0 Å². The Bertz CT molecular complexity index is 297. The van der Waals surface area contributed by atoms with Crippen molar-refractivity contribution >= 4 is 6.21 Å². The van der Waals surface area contributed by atoms with E-state index in [1.54, 1.807) is 0 Å². The summed E-state index contributed by atoms with van der Waals surface area (Å²) in [6, 6.07) is 0. The van der Waals surface area contributed by atoms with Crippen LogP contribution in [0.25, 0.3) is 0 Å². The number of hydrogen-bond acceptors (Lipinski definition) is 2. The lowest BCUT2D eigenvalue weighted by Crippen LogP contribution is -2.26. The standard InChI is InChI=1S/C11H16N2/c1-7(2)11-8(3)4-5-10-9(11)6-12-13-10/h4-7,9,11,13H,1-3H3. The first-order valence-corrected chi connectivity index (χ1v) is 4.87. The number of fused-ring (bicyclic) bond motifs is 1. The second-order valence-corrected chi connectivity index (χ2v) is 4.22. The van der Waals surface area contributed by atoms with Crippen LogP contribution >= 0.6 is 0 Å². The molecule has 2 atom stereocenters. The average Bonchev–Trinajstić information content (AvgIpc) is 2.50. The van der Waals surface area contributed by atoms with Gasteiger partial charge in [0.05, 0.1) is 0 Å². The van der Waals surface area contributed by atoms with Crippen molar-refractivity contribution in [3.63, 3.8) is 0 Å². The van der Waals surface area contributed by atoms with Gasteiger partial charge in [0.2, 0.25) is 0 Å². The fraction of sp³-hybridized carbons (Fsp3) is 0.545. The normalized spacial score (nSPS) is 31.1. The highest BCUT2D eigenvalue weighted by Crippen LogP contribution is 2.35. The van der Waals surface area contributed by atoms with Crippen molar-refractivity contribution in [2.75, 3.05) is 0 Å². The van der Waals surface area contributed by atoms with Gasteiger partial charge in [-0.05, 0) is 24.8 Å². The zero-order chi connectivity index (χ0) is 9.42. The number of rotatable bonds is 1. The summed E-state index contributed by atoms with van der Waals surface area (Å²) in [6.45, 7) is 6.76. The van der Waals surface area contributed by atoms with E-state index in [-0.39, 0.29) is 0 Å². The Morgan fingerprint density at radius 1 is 1.38 bits per heavy atom. The Hall–Kier alpha value is -1.05. The van der Waals surface area contributed by atoms with Crippen molar-refractivity contribution in [1.82, 2.24) is 5.43 Å². The Morgan fingerprint density at radius 2 is 2.15 bits per heavy atom. The monoisotopic (exact) mass is 176 g/mol. The predicted molar refractivity (Wildman–Crippen MR) is 55.3 cm³/mol. The summed E-state index contributed by atoms with van der Waals surface area (Å²) in [6.07, 6.45) is 6.39. The van der Waals surface area contributed by atoms with Crippen molar-refractivity contribution in [3.05, 3.63) is 23.4 Å². The van der Waals surface area contributed by atoms with Crippen molar-refractivity contribution in [2.24, 2.45) is 22.9 Å². The van der Waals surface area contributed by atoms with Gasteiger partial charge < -0.3 is 0 Å². The minimum Gasteiger partial charge on any atom is -0.282 e. The highest BCUT2D eigenvalue weighted by atomic mass is 15.3. The molecular weight excluding hydrogens is 160 g/mol. The van der Waals surface area contributed by atoms with E-state index in [0.717, 1.165) is 0 Å². The number of allylic oxidation sites excluding steroid dienone is 4. The molecule has 1 aliphatic heterocycles. The first-order valence-electron chi connectivity index (χ1n) is 4.87. The molecule has 2 aliphatic rings. The SMILES string of the molecule is CC1=CC=C2NN=CC2C1C(C)C. The molecule has 70 valence electrons. The first-order chi connectivity index (χ1) is 6.20. The summed E-state index contributed by atoms with van der Waals surface area (Å²) in [5.41, 5.74) is 5.78. The van der Waals surface area contributed by atoms with Crippen molar-refractivity contribution in [2.45, 2.75) is 20.8 Å². The van der Waals surface area contributed by atoms with E-state index in [1.165, 1.54) is 11.3 Å². The number of hydrogen-bond donors (Lipinski definition) is 1. The van der Waals surface area contributed by atoms with Crippen LogP contribution in [0.15, 0.2) is 28.5 Å². The van der Waals surface area contributed by atoms with Gasteiger partial charge in [-0.3, -0.25) is 5.43 Å². The topological polar surface area (TPSA) is 24.4 Å². The molecule has 0 saturated heterocycles. The van der Waals surface area contributed by atoms with E-state index in [0.29, 0.717) is 17.8 Å². The van der Waals surface area contributed by atoms with Crippen LogP contribution in [-0.4, -0.2) is 6.21 Å². The van der Waals surface area contributed by atoms with Gasteiger partial charge in [-0.25, -0.2) is 0 Å². The molecule has 0 spiro atoms. The maximum Gasteiger partial charge on any atom is 0.0445 e. The Balaban J connectivity index is 2.32. The van der Waals surface area contributed by atoms with Crippen molar-refractivity contribution in [1.29, 1.82) is 0 Å².